The Labute approximate surface area is 153 Å². The maximum Gasteiger partial charge on any atom is 0.118 e. The van der Waals surface area contributed by atoms with Crippen molar-refractivity contribution in [1.29, 1.82) is 0 Å². The van der Waals surface area contributed by atoms with Gasteiger partial charge in [-0.2, -0.15) is 0 Å². The molecule has 25 heavy (non-hydrogen) atoms. The molecule has 0 heterocycles. The molecular formula is C24H32O. The van der Waals surface area contributed by atoms with Gasteiger partial charge < -0.3 is 4.74 Å². The highest BCUT2D eigenvalue weighted by Gasteiger charge is 2.24. The van der Waals surface area contributed by atoms with Crippen LogP contribution in [0, 0.1) is 5.92 Å². The summed E-state index contributed by atoms with van der Waals surface area (Å²) in [6.07, 6.45) is 10.4. The molecule has 1 heteroatoms. The third-order valence-corrected chi connectivity index (χ3v) is 5.91. The van der Waals surface area contributed by atoms with Gasteiger partial charge in [-0.1, -0.05) is 49.7 Å². The molecule has 1 fully saturated rings. The fourth-order valence-corrected chi connectivity index (χ4v) is 4.16. The molecule has 1 aliphatic carbocycles. The van der Waals surface area contributed by atoms with Crippen LogP contribution in [0.3, 0.4) is 0 Å². The molecule has 0 amide bonds. The molecule has 2 aromatic rings. The zero-order chi connectivity index (χ0) is 17.5. The summed E-state index contributed by atoms with van der Waals surface area (Å²) in [5.41, 5.74) is 4.46. The molecular weight excluding hydrogens is 304 g/mol. The second-order valence-corrected chi connectivity index (χ2v) is 7.58. The maximum absolute atomic E-state index is 5.21. The van der Waals surface area contributed by atoms with Gasteiger partial charge in [0.15, 0.2) is 0 Å². The number of rotatable bonds is 8. The topological polar surface area (TPSA) is 9.23 Å². The summed E-state index contributed by atoms with van der Waals surface area (Å²) in [7, 11) is 1.72. The zero-order valence-electron chi connectivity index (χ0n) is 15.8. The molecule has 0 aromatic heterocycles. The Hall–Kier alpha value is -1.76. The molecule has 1 saturated carbocycles. The number of aryl methyl sites for hydroxylation is 2. The number of hydrogen-bond donors (Lipinski definition) is 0. The monoisotopic (exact) mass is 336 g/mol. The lowest BCUT2D eigenvalue weighted by Crippen LogP contribution is -1.96. The number of benzene rings is 2. The maximum atomic E-state index is 5.21. The van der Waals surface area contributed by atoms with Gasteiger partial charge in [0.25, 0.3) is 0 Å². The lowest BCUT2D eigenvalue weighted by atomic mass is 9.94. The molecule has 0 bridgehead atoms. The molecule has 3 rings (SSSR count). The molecule has 1 aliphatic rings. The van der Waals surface area contributed by atoms with Crippen molar-refractivity contribution in [2.24, 2.45) is 5.92 Å². The highest BCUT2D eigenvalue weighted by molar-refractivity contribution is 5.28. The van der Waals surface area contributed by atoms with E-state index in [1.165, 1.54) is 56.1 Å². The minimum Gasteiger partial charge on any atom is -0.497 e. The van der Waals surface area contributed by atoms with Gasteiger partial charge >= 0.3 is 0 Å². The van der Waals surface area contributed by atoms with Crippen LogP contribution in [0.15, 0.2) is 48.5 Å². The predicted molar refractivity (Wildman–Crippen MR) is 106 cm³/mol. The van der Waals surface area contributed by atoms with E-state index in [2.05, 4.69) is 55.5 Å². The second-order valence-electron chi connectivity index (χ2n) is 7.58. The SMILES string of the molecule is CCC1CCC(c2ccc(CCCCc3ccc(OC)cc3)cc2)C1. The van der Waals surface area contributed by atoms with Crippen LogP contribution in [0.2, 0.25) is 0 Å². The van der Waals surface area contributed by atoms with Crippen molar-refractivity contribution in [3.63, 3.8) is 0 Å². The van der Waals surface area contributed by atoms with E-state index in [1.807, 2.05) is 0 Å². The van der Waals surface area contributed by atoms with Crippen LogP contribution < -0.4 is 4.74 Å². The summed E-state index contributed by atoms with van der Waals surface area (Å²) in [6, 6.07) is 18.0. The van der Waals surface area contributed by atoms with Crippen LogP contribution in [0.25, 0.3) is 0 Å². The number of unbranched alkanes of at least 4 members (excludes halogenated alkanes) is 1. The van der Waals surface area contributed by atoms with E-state index in [9.17, 15) is 0 Å². The lowest BCUT2D eigenvalue weighted by Gasteiger charge is -2.11. The quantitative estimate of drug-likeness (QED) is 0.496. The average molecular weight is 337 g/mol. The number of methoxy groups -OCH3 is 1. The summed E-state index contributed by atoms with van der Waals surface area (Å²) in [5, 5.41) is 0. The molecule has 2 unspecified atom stereocenters. The largest absolute Gasteiger partial charge is 0.497 e. The number of hydrogen-bond acceptors (Lipinski definition) is 1. The summed E-state index contributed by atoms with van der Waals surface area (Å²) >= 11 is 0. The Bertz CT molecular complexity index is 626. The third-order valence-electron chi connectivity index (χ3n) is 5.91. The first kappa shape index (κ1) is 18.0. The van der Waals surface area contributed by atoms with Gasteiger partial charge in [0.2, 0.25) is 0 Å². The van der Waals surface area contributed by atoms with Crippen LogP contribution in [0.4, 0.5) is 0 Å². The van der Waals surface area contributed by atoms with Gasteiger partial charge in [-0.25, -0.2) is 0 Å². The lowest BCUT2D eigenvalue weighted by molar-refractivity contribution is 0.414. The van der Waals surface area contributed by atoms with Gasteiger partial charge in [-0.3, -0.25) is 0 Å². The van der Waals surface area contributed by atoms with E-state index in [1.54, 1.807) is 12.7 Å². The Balaban J connectivity index is 1.41. The van der Waals surface area contributed by atoms with Gasteiger partial charge in [0.05, 0.1) is 7.11 Å². The minimum atomic E-state index is 0.814. The summed E-state index contributed by atoms with van der Waals surface area (Å²) < 4.78 is 5.21. The molecule has 0 saturated heterocycles. The fourth-order valence-electron chi connectivity index (χ4n) is 4.16. The normalized spacial score (nSPS) is 19.9. The van der Waals surface area contributed by atoms with Gasteiger partial charge in [-0.15, -0.1) is 0 Å². The zero-order valence-corrected chi connectivity index (χ0v) is 15.8. The Morgan fingerprint density at radius 2 is 1.44 bits per heavy atom. The highest BCUT2D eigenvalue weighted by atomic mass is 16.5. The molecule has 0 radical (unpaired) electrons. The van der Waals surface area contributed by atoms with Crippen molar-refractivity contribution < 1.29 is 4.74 Å². The Kier molecular flexibility index (Phi) is 6.55. The van der Waals surface area contributed by atoms with Crippen molar-refractivity contribution in [2.75, 3.05) is 7.11 Å². The van der Waals surface area contributed by atoms with Crippen LogP contribution in [-0.4, -0.2) is 7.11 Å². The van der Waals surface area contributed by atoms with E-state index in [-0.39, 0.29) is 0 Å². The first-order valence-corrected chi connectivity index (χ1v) is 10.00. The first-order valence-electron chi connectivity index (χ1n) is 10.00. The van der Waals surface area contributed by atoms with Crippen molar-refractivity contribution in [3.8, 4) is 5.75 Å². The van der Waals surface area contributed by atoms with Crippen LogP contribution >= 0.6 is 0 Å². The predicted octanol–water partition coefficient (Wildman–Crippen LogP) is 6.55. The smallest absolute Gasteiger partial charge is 0.118 e. The van der Waals surface area contributed by atoms with Crippen LogP contribution in [-0.2, 0) is 12.8 Å². The van der Waals surface area contributed by atoms with Crippen molar-refractivity contribution >= 4 is 0 Å². The molecule has 0 aliphatic heterocycles. The molecule has 0 N–H and O–H groups in total. The molecule has 2 atom stereocenters. The highest BCUT2D eigenvalue weighted by Crippen LogP contribution is 2.39. The van der Waals surface area contributed by atoms with E-state index >= 15 is 0 Å². The number of ether oxygens (including phenoxy) is 1. The summed E-state index contributed by atoms with van der Waals surface area (Å²) in [6.45, 7) is 2.34. The van der Waals surface area contributed by atoms with E-state index in [0.717, 1.165) is 24.0 Å². The van der Waals surface area contributed by atoms with Crippen molar-refractivity contribution in [1.82, 2.24) is 0 Å². The minimum absolute atomic E-state index is 0.814. The standard InChI is InChI=1S/C24H32O/c1-3-19-8-15-23(18-19)22-13-9-20(10-14-22)6-4-5-7-21-11-16-24(25-2)17-12-21/h9-14,16-17,19,23H,3-8,15,18H2,1-2H3. The van der Waals surface area contributed by atoms with Crippen molar-refractivity contribution in [2.45, 2.75) is 64.2 Å². The summed E-state index contributed by atoms with van der Waals surface area (Å²) in [5.74, 6) is 2.72. The van der Waals surface area contributed by atoms with Crippen LogP contribution in [0.1, 0.15) is 68.1 Å². The van der Waals surface area contributed by atoms with E-state index < -0.39 is 0 Å². The van der Waals surface area contributed by atoms with Crippen LogP contribution in [0.5, 0.6) is 5.75 Å². The van der Waals surface area contributed by atoms with Gasteiger partial charge in [0.1, 0.15) is 5.75 Å². The Morgan fingerprint density at radius 3 is 1.96 bits per heavy atom. The average Bonchev–Trinajstić information content (AvgIpc) is 3.15. The fraction of sp³-hybridized carbons (Fsp3) is 0.500. The first-order chi connectivity index (χ1) is 12.3. The van der Waals surface area contributed by atoms with E-state index in [4.69, 9.17) is 4.74 Å². The molecule has 2 aromatic carbocycles. The van der Waals surface area contributed by atoms with Gasteiger partial charge in [-0.05, 0) is 85.6 Å². The van der Waals surface area contributed by atoms with Gasteiger partial charge in [0, 0.05) is 0 Å². The molecule has 0 spiro atoms. The summed E-state index contributed by atoms with van der Waals surface area (Å²) in [4.78, 5) is 0. The molecule has 1 nitrogen and oxygen atoms in total. The Morgan fingerprint density at radius 1 is 0.840 bits per heavy atom. The van der Waals surface area contributed by atoms with Crippen molar-refractivity contribution in [3.05, 3.63) is 65.2 Å². The van der Waals surface area contributed by atoms with E-state index in [0.29, 0.717) is 0 Å². The molecule has 134 valence electrons. The second kappa shape index (κ2) is 9.08. The third kappa shape index (κ3) is 5.11.